The third-order valence-corrected chi connectivity index (χ3v) is 5.76. The average Bonchev–Trinajstić information content (AvgIpc) is 3.10. The van der Waals surface area contributed by atoms with Crippen LogP contribution in [0.2, 0.25) is 0 Å². The van der Waals surface area contributed by atoms with Gasteiger partial charge in [-0.2, -0.15) is 11.3 Å². The summed E-state index contributed by atoms with van der Waals surface area (Å²) >= 11 is 1.81. The van der Waals surface area contributed by atoms with Crippen LogP contribution in [0.25, 0.3) is 0 Å². The fourth-order valence-corrected chi connectivity index (χ4v) is 3.97. The van der Waals surface area contributed by atoms with Crippen LogP contribution in [0.5, 0.6) is 0 Å². The predicted molar refractivity (Wildman–Crippen MR) is 82.8 cm³/mol. The Morgan fingerprint density at radius 3 is 2.79 bits per heavy atom. The molecule has 0 amide bonds. The topological polar surface area (TPSA) is 15.3 Å². The molecular weight excluding hydrogens is 252 g/mol. The molecule has 1 aromatic heterocycles. The molecule has 1 aliphatic carbocycles. The molecule has 1 saturated heterocycles. The van der Waals surface area contributed by atoms with Crippen LogP contribution < -0.4 is 5.32 Å². The molecule has 1 atom stereocenters. The lowest BCUT2D eigenvalue weighted by atomic mass is 9.86. The Labute approximate surface area is 121 Å². The zero-order chi connectivity index (χ0) is 13.5. The Balaban J connectivity index is 1.65. The van der Waals surface area contributed by atoms with Gasteiger partial charge in [-0.15, -0.1) is 0 Å². The summed E-state index contributed by atoms with van der Waals surface area (Å²) in [6.45, 7) is 10.7. The van der Waals surface area contributed by atoms with Crippen LogP contribution in [0, 0.1) is 5.92 Å². The molecule has 1 saturated carbocycles. The molecular formula is C16H26N2S. The van der Waals surface area contributed by atoms with Gasteiger partial charge in [0, 0.05) is 30.7 Å². The lowest BCUT2D eigenvalue weighted by Crippen LogP contribution is -2.68. The molecule has 0 radical (unpaired) electrons. The van der Waals surface area contributed by atoms with Crippen LogP contribution in [-0.2, 0) is 6.42 Å². The van der Waals surface area contributed by atoms with Crippen LogP contribution in [0.3, 0.4) is 0 Å². The van der Waals surface area contributed by atoms with Crippen LogP contribution in [0.4, 0.5) is 0 Å². The van der Waals surface area contributed by atoms with Crippen LogP contribution >= 0.6 is 11.3 Å². The quantitative estimate of drug-likeness (QED) is 0.910. The van der Waals surface area contributed by atoms with E-state index in [1.165, 1.54) is 37.9 Å². The van der Waals surface area contributed by atoms with Crippen LogP contribution in [0.1, 0.15) is 39.2 Å². The van der Waals surface area contributed by atoms with Gasteiger partial charge in [-0.05, 0) is 68.3 Å². The smallest absolute Gasteiger partial charge is 0.0309 e. The molecule has 1 unspecified atom stereocenters. The Hall–Kier alpha value is -0.380. The molecule has 2 nitrogen and oxygen atoms in total. The minimum absolute atomic E-state index is 0.282. The van der Waals surface area contributed by atoms with Crippen molar-refractivity contribution in [1.82, 2.24) is 10.2 Å². The molecule has 0 spiro atoms. The normalized spacial score (nSPS) is 31.5. The first-order chi connectivity index (χ1) is 9.00. The van der Waals surface area contributed by atoms with Gasteiger partial charge in [0.05, 0.1) is 0 Å². The minimum Gasteiger partial charge on any atom is -0.308 e. The fourth-order valence-electron chi connectivity index (χ4n) is 3.27. The van der Waals surface area contributed by atoms with Gasteiger partial charge in [0.1, 0.15) is 0 Å². The summed E-state index contributed by atoms with van der Waals surface area (Å²) in [7, 11) is 0. The highest BCUT2D eigenvalue weighted by atomic mass is 32.1. The van der Waals surface area contributed by atoms with E-state index in [9.17, 15) is 0 Å². The molecule has 1 aliphatic heterocycles. The van der Waals surface area contributed by atoms with E-state index < -0.39 is 0 Å². The molecule has 19 heavy (non-hydrogen) atoms. The van der Waals surface area contributed by atoms with Crippen molar-refractivity contribution in [1.29, 1.82) is 0 Å². The maximum atomic E-state index is 3.83. The second-order valence-electron chi connectivity index (χ2n) is 7.16. The van der Waals surface area contributed by atoms with E-state index in [1.807, 2.05) is 11.3 Å². The summed E-state index contributed by atoms with van der Waals surface area (Å²) in [5, 5.41) is 8.31. The molecule has 2 fully saturated rings. The molecule has 1 aromatic rings. The monoisotopic (exact) mass is 278 g/mol. The number of nitrogens with zero attached hydrogens (tertiary/aromatic N) is 1. The van der Waals surface area contributed by atoms with Gasteiger partial charge in [-0.25, -0.2) is 0 Å². The number of thiophene rings is 1. The van der Waals surface area contributed by atoms with Crippen molar-refractivity contribution < 1.29 is 0 Å². The first-order valence-electron chi connectivity index (χ1n) is 7.51. The Morgan fingerprint density at radius 2 is 2.16 bits per heavy atom. The molecule has 0 bridgehead atoms. The summed E-state index contributed by atoms with van der Waals surface area (Å²) in [6.07, 6.45) is 4.03. The van der Waals surface area contributed by atoms with Crippen molar-refractivity contribution in [3.8, 4) is 0 Å². The van der Waals surface area contributed by atoms with E-state index in [1.54, 1.807) is 0 Å². The Bertz CT molecular complexity index is 422. The molecule has 2 heterocycles. The number of rotatable bonds is 4. The van der Waals surface area contributed by atoms with Crippen molar-refractivity contribution in [2.75, 3.05) is 19.6 Å². The number of nitrogens with one attached hydrogen (secondary N) is 1. The Kier molecular flexibility index (Phi) is 3.48. The number of hydrogen-bond acceptors (Lipinski definition) is 3. The molecule has 106 valence electrons. The second-order valence-corrected chi connectivity index (χ2v) is 7.94. The van der Waals surface area contributed by atoms with Gasteiger partial charge in [0.2, 0.25) is 0 Å². The van der Waals surface area contributed by atoms with E-state index in [4.69, 9.17) is 0 Å². The Morgan fingerprint density at radius 1 is 1.37 bits per heavy atom. The maximum absolute atomic E-state index is 3.83. The van der Waals surface area contributed by atoms with Crippen LogP contribution in [-0.4, -0.2) is 35.6 Å². The van der Waals surface area contributed by atoms with Crippen molar-refractivity contribution in [3.05, 3.63) is 22.4 Å². The highest BCUT2D eigenvalue weighted by molar-refractivity contribution is 7.07. The second kappa shape index (κ2) is 4.87. The highest BCUT2D eigenvalue weighted by Crippen LogP contribution is 2.42. The zero-order valence-electron chi connectivity index (χ0n) is 12.4. The first-order valence-corrected chi connectivity index (χ1v) is 8.45. The third kappa shape index (κ3) is 2.88. The van der Waals surface area contributed by atoms with E-state index >= 15 is 0 Å². The van der Waals surface area contributed by atoms with Gasteiger partial charge in [-0.3, -0.25) is 4.90 Å². The SMILES string of the molecule is CC1(C2CC2)CN(CCc2ccsc2)C(C)(C)CN1. The first kappa shape index (κ1) is 13.6. The van der Waals surface area contributed by atoms with Gasteiger partial charge in [0.25, 0.3) is 0 Å². The van der Waals surface area contributed by atoms with E-state index in [-0.39, 0.29) is 5.54 Å². The van der Waals surface area contributed by atoms with Gasteiger partial charge < -0.3 is 5.32 Å². The number of hydrogen-bond donors (Lipinski definition) is 1. The molecule has 1 N–H and O–H groups in total. The van der Waals surface area contributed by atoms with Crippen molar-refractivity contribution in [2.45, 2.75) is 51.1 Å². The highest BCUT2D eigenvalue weighted by Gasteiger charge is 2.47. The van der Waals surface area contributed by atoms with Crippen LogP contribution in [0.15, 0.2) is 16.8 Å². The minimum atomic E-state index is 0.282. The zero-order valence-corrected chi connectivity index (χ0v) is 13.2. The van der Waals surface area contributed by atoms with E-state index in [2.05, 4.69) is 47.8 Å². The van der Waals surface area contributed by atoms with Crippen molar-refractivity contribution in [2.24, 2.45) is 5.92 Å². The van der Waals surface area contributed by atoms with E-state index in [0.717, 1.165) is 12.5 Å². The third-order valence-electron chi connectivity index (χ3n) is 5.03. The number of piperazine rings is 1. The lowest BCUT2D eigenvalue weighted by molar-refractivity contribution is 0.0253. The van der Waals surface area contributed by atoms with E-state index in [0.29, 0.717) is 5.54 Å². The fraction of sp³-hybridized carbons (Fsp3) is 0.750. The van der Waals surface area contributed by atoms with Gasteiger partial charge >= 0.3 is 0 Å². The largest absolute Gasteiger partial charge is 0.308 e. The predicted octanol–water partition coefficient (Wildman–Crippen LogP) is 3.14. The van der Waals surface area contributed by atoms with Gasteiger partial charge in [0.15, 0.2) is 0 Å². The van der Waals surface area contributed by atoms with Crippen molar-refractivity contribution >= 4 is 11.3 Å². The summed E-state index contributed by atoms with van der Waals surface area (Å²) < 4.78 is 0. The van der Waals surface area contributed by atoms with Crippen molar-refractivity contribution in [3.63, 3.8) is 0 Å². The van der Waals surface area contributed by atoms with Gasteiger partial charge in [-0.1, -0.05) is 0 Å². The average molecular weight is 278 g/mol. The molecule has 0 aromatic carbocycles. The summed E-state index contributed by atoms with van der Waals surface area (Å²) in [5.41, 5.74) is 2.13. The summed E-state index contributed by atoms with van der Waals surface area (Å²) in [5.74, 6) is 0.909. The molecule has 3 heteroatoms. The molecule has 2 aliphatic rings. The standard InChI is InChI=1S/C16H26N2S/c1-15(2)11-17-16(3,14-4-5-14)12-18(15)8-6-13-7-9-19-10-13/h7,9-10,14,17H,4-6,8,11-12H2,1-3H3. The summed E-state index contributed by atoms with van der Waals surface area (Å²) in [4.78, 5) is 2.71. The lowest BCUT2D eigenvalue weighted by Gasteiger charge is -2.51. The summed E-state index contributed by atoms with van der Waals surface area (Å²) in [6, 6.07) is 2.26. The maximum Gasteiger partial charge on any atom is 0.0309 e. The molecule has 3 rings (SSSR count).